The molecule has 0 unspecified atom stereocenters. The fourth-order valence-electron chi connectivity index (χ4n) is 2.43. The molecule has 0 bridgehead atoms. The standard InChI is InChI=1S/C19H13ClN2O/c20-18-9-5-4-8-15(18)12-22-13-17(10-16(11-21)19(22)23)14-6-2-1-3-7-14/h1-10,13H,12H2. The first-order valence-corrected chi connectivity index (χ1v) is 7.50. The van der Waals surface area contributed by atoms with Gasteiger partial charge in [-0.05, 0) is 28.8 Å². The molecule has 4 heteroatoms. The van der Waals surface area contributed by atoms with Crippen LogP contribution in [-0.2, 0) is 6.54 Å². The number of nitrogens with zero attached hydrogens (tertiary/aromatic N) is 2. The van der Waals surface area contributed by atoms with E-state index in [0.29, 0.717) is 11.6 Å². The number of nitriles is 1. The predicted octanol–water partition coefficient (Wildman–Crippen LogP) is 4.09. The van der Waals surface area contributed by atoms with Crippen LogP contribution in [0, 0.1) is 11.3 Å². The molecule has 112 valence electrons. The molecule has 0 spiro atoms. The molecule has 0 fully saturated rings. The lowest BCUT2D eigenvalue weighted by atomic mass is 10.1. The quantitative estimate of drug-likeness (QED) is 0.729. The number of halogens is 1. The highest BCUT2D eigenvalue weighted by molar-refractivity contribution is 6.31. The van der Waals surface area contributed by atoms with Crippen molar-refractivity contribution in [3.8, 4) is 17.2 Å². The maximum absolute atomic E-state index is 12.4. The Morgan fingerprint density at radius 1 is 1.00 bits per heavy atom. The molecule has 1 aromatic heterocycles. The van der Waals surface area contributed by atoms with Crippen LogP contribution in [0.5, 0.6) is 0 Å². The molecule has 0 aliphatic carbocycles. The van der Waals surface area contributed by atoms with Gasteiger partial charge in [0, 0.05) is 11.2 Å². The van der Waals surface area contributed by atoms with E-state index in [2.05, 4.69) is 0 Å². The van der Waals surface area contributed by atoms with Crippen LogP contribution in [-0.4, -0.2) is 4.57 Å². The third-order valence-corrected chi connectivity index (χ3v) is 3.98. The molecule has 0 saturated heterocycles. The number of aromatic nitrogens is 1. The molecule has 23 heavy (non-hydrogen) atoms. The first kappa shape index (κ1) is 15.1. The molecule has 0 aliphatic rings. The van der Waals surface area contributed by atoms with Crippen LogP contribution in [0.25, 0.3) is 11.1 Å². The summed E-state index contributed by atoms with van der Waals surface area (Å²) in [6, 6.07) is 20.6. The van der Waals surface area contributed by atoms with E-state index in [4.69, 9.17) is 11.6 Å². The van der Waals surface area contributed by atoms with Crippen molar-refractivity contribution in [3.63, 3.8) is 0 Å². The smallest absolute Gasteiger partial charge is 0.268 e. The average Bonchev–Trinajstić information content (AvgIpc) is 2.59. The van der Waals surface area contributed by atoms with E-state index in [1.165, 1.54) is 4.57 Å². The predicted molar refractivity (Wildman–Crippen MR) is 91.4 cm³/mol. The molecule has 3 rings (SSSR count). The van der Waals surface area contributed by atoms with Crippen LogP contribution in [0.15, 0.2) is 71.7 Å². The Labute approximate surface area is 139 Å². The zero-order valence-corrected chi connectivity index (χ0v) is 13.0. The van der Waals surface area contributed by atoms with Crippen molar-refractivity contribution in [2.75, 3.05) is 0 Å². The van der Waals surface area contributed by atoms with E-state index in [0.717, 1.165) is 16.7 Å². The summed E-state index contributed by atoms with van der Waals surface area (Å²) in [5.74, 6) is 0. The molecule has 3 aromatic rings. The van der Waals surface area contributed by atoms with Gasteiger partial charge in [0.05, 0.1) is 6.54 Å². The van der Waals surface area contributed by atoms with E-state index >= 15 is 0 Å². The molecule has 3 nitrogen and oxygen atoms in total. The maximum Gasteiger partial charge on any atom is 0.268 e. The third-order valence-electron chi connectivity index (χ3n) is 3.61. The molecule has 0 N–H and O–H groups in total. The second-order valence-corrected chi connectivity index (χ2v) is 5.55. The summed E-state index contributed by atoms with van der Waals surface area (Å²) in [7, 11) is 0. The lowest BCUT2D eigenvalue weighted by Crippen LogP contribution is -2.23. The van der Waals surface area contributed by atoms with E-state index in [1.54, 1.807) is 18.3 Å². The highest BCUT2D eigenvalue weighted by atomic mass is 35.5. The van der Waals surface area contributed by atoms with Gasteiger partial charge < -0.3 is 4.57 Å². The fourth-order valence-corrected chi connectivity index (χ4v) is 2.63. The van der Waals surface area contributed by atoms with Crippen molar-refractivity contribution in [1.82, 2.24) is 4.57 Å². The summed E-state index contributed by atoms with van der Waals surface area (Å²) in [6.07, 6.45) is 1.77. The van der Waals surface area contributed by atoms with Gasteiger partial charge >= 0.3 is 0 Å². The largest absolute Gasteiger partial charge is 0.309 e. The molecule has 0 amide bonds. The topological polar surface area (TPSA) is 45.8 Å². The second kappa shape index (κ2) is 6.51. The summed E-state index contributed by atoms with van der Waals surface area (Å²) in [4.78, 5) is 12.4. The zero-order valence-electron chi connectivity index (χ0n) is 12.2. The molecular weight excluding hydrogens is 308 g/mol. The molecule has 0 atom stereocenters. The lowest BCUT2D eigenvalue weighted by molar-refractivity contribution is 0.758. The van der Waals surface area contributed by atoms with E-state index in [1.807, 2.05) is 54.6 Å². The Morgan fingerprint density at radius 2 is 1.70 bits per heavy atom. The van der Waals surface area contributed by atoms with Crippen LogP contribution in [0.1, 0.15) is 11.1 Å². The first-order chi connectivity index (χ1) is 11.2. The summed E-state index contributed by atoms with van der Waals surface area (Å²) in [5.41, 5.74) is 2.43. The number of pyridine rings is 1. The molecule has 0 radical (unpaired) electrons. The highest BCUT2D eigenvalue weighted by Crippen LogP contribution is 2.20. The van der Waals surface area contributed by atoms with Crippen molar-refractivity contribution in [2.24, 2.45) is 0 Å². The van der Waals surface area contributed by atoms with Gasteiger partial charge in [-0.15, -0.1) is 0 Å². The SMILES string of the molecule is N#Cc1cc(-c2ccccc2)cn(Cc2ccccc2Cl)c1=O. The number of hydrogen-bond donors (Lipinski definition) is 0. The minimum atomic E-state index is -0.313. The van der Waals surface area contributed by atoms with Crippen LogP contribution >= 0.6 is 11.6 Å². The van der Waals surface area contributed by atoms with Gasteiger partial charge in [-0.1, -0.05) is 60.1 Å². The van der Waals surface area contributed by atoms with Crippen molar-refractivity contribution < 1.29 is 0 Å². The summed E-state index contributed by atoms with van der Waals surface area (Å²) in [6.45, 7) is 0.327. The normalized spacial score (nSPS) is 10.3. The Balaban J connectivity index is 2.12. The monoisotopic (exact) mass is 320 g/mol. The van der Waals surface area contributed by atoms with Crippen LogP contribution < -0.4 is 5.56 Å². The summed E-state index contributed by atoms with van der Waals surface area (Å²) in [5, 5.41) is 9.85. The fraction of sp³-hybridized carbons (Fsp3) is 0.0526. The van der Waals surface area contributed by atoms with E-state index in [-0.39, 0.29) is 11.1 Å². The van der Waals surface area contributed by atoms with Crippen molar-refractivity contribution in [1.29, 1.82) is 5.26 Å². The van der Waals surface area contributed by atoms with Gasteiger partial charge in [-0.25, -0.2) is 0 Å². The third kappa shape index (κ3) is 3.18. The Hall–Kier alpha value is -2.83. The van der Waals surface area contributed by atoms with Crippen LogP contribution in [0.4, 0.5) is 0 Å². The van der Waals surface area contributed by atoms with Crippen LogP contribution in [0.2, 0.25) is 5.02 Å². The molecule has 0 aliphatic heterocycles. The van der Waals surface area contributed by atoms with Gasteiger partial charge in [-0.3, -0.25) is 4.79 Å². The Bertz CT molecular complexity index is 940. The number of hydrogen-bond acceptors (Lipinski definition) is 2. The molecule has 0 saturated carbocycles. The number of benzene rings is 2. The minimum Gasteiger partial charge on any atom is -0.309 e. The minimum absolute atomic E-state index is 0.124. The molecule has 1 heterocycles. The van der Waals surface area contributed by atoms with Gasteiger partial charge in [0.15, 0.2) is 0 Å². The van der Waals surface area contributed by atoms with Gasteiger partial charge in [0.1, 0.15) is 11.6 Å². The van der Waals surface area contributed by atoms with Gasteiger partial charge in [0.2, 0.25) is 0 Å². The Kier molecular flexibility index (Phi) is 4.27. The van der Waals surface area contributed by atoms with Gasteiger partial charge in [0.25, 0.3) is 5.56 Å². The second-order valence-electron chi connectivity index (χ2n) is 5.14. The highest BCUT2D eigenvalue weighted by Gasteiger charge is 2.09. The Morgan fingerprint density at radius 3 is 2.39 bits per heavy atom. The van der Waals surface area contributed by atoms with Crippen molar-refractivity contribution >= 4 is 11.6 Å². The molecular formula is C19H13ClN2O. The van der Waals surface area contributed by atoms with Crippen molar-refractivity contribution in [3.05, 3.63) is 93.4 Å². The maximum atomic E-state index is 12.4. The number of rotatable bonds is 3. The van der Waals surface area contributed by atoms with E-state index in [9.17, 15) is 10.1 Å². The van der Waals surface area contributed by atoms with Crippen molar-refractivity contribution in [2.45, 2.75) is 6.54 Å². The molecule has 2 aromatic carbocycles. The first-order valence-electron chi connectivity index (χ1n) is 7.12. The van der Waals surface area contributed by atoms with Crippen LogP contribution in [0.3, 0.4) is 0 Å². The summed E-state index contributed by atoms with van der Waals surface area (Å²) >= 11 is 6.18. The summed E-state index contributed by atoms with van der Waals surface area (Å²) < 4.78 is 1.53. The zero-order chi connectivity index (χ0) is 16.2. The van der Waals surface area contributed by atoms with Gasteiger partial charge in [-0.2, -0.15) is 5.26 Å². The average molecular weight is 321 g/mol. The lowest BCUT2D eigenvalue weighted by Gasteiger charge is -2.11. The van der Waals surface area contributed by atoms with E-state index < -0.39 is 0 Å².